The van der Waals surface area contributed by atoms with E-state index in [0.29, 0.717) is 17.5 Å². The Labute approximate surface area is 94.9 Å². The Bertz CT molecular complexity index is 418. The molecule has 1 heterocycles. The molecule has 1 aromatic rings. The van der Waals surface area contributed by atoms with Crippen LogP contribution in [0.5, 0.6) is 0 Å². The summed E-state index contributed by atoms with van der Waals surface area (Å²) in [4.78, 5) is 22.2. The number of hydrogen-bond acceptors (Lipinski definition) is 2. The second kappa shape index (κ2) is 4.96. The second-order valence-corrected chi connectivity index (χ2v) is 3.77. The summed E-state index contributed by atoms with van der Waals surface area (Å²) in [5.74, 6) is -0.968. The van der Waals surface area contributed by atoms with Crippen LogP contribution in [0.1, 0.15) is 52.4 Å². The molecule has 0 atom stereocenters. The number of carboxylic acids is 1. The zero-order chi connectivity index (χ0) is 12.3. The maximum Gasteiger partial charge on any atom is 0.352 e. The number of carboxylic acid groups (broad SMARTS) is 1. The number of carbonyl (C=O) groups is 2. The Morgan fingerprint density at radius 3 is 2.44 bits per heavy atom. The quantitative estimate of drug-likeness (QED) is 0.777. The van der Waals surface area contributed by atoms with Gasteiger partial charge in [-0.15, -0.1) is 0 Å². The van der Waals surface area contributed by atoms with Crippen LogP contribution in [0.3, 0.4) is 0 Å². The van der Waals surface area contributed by atoms with Crippen LogP contribution in [0.4, 0.5) is 0 Å². The van der Waals surface area contributed by atoms with Gasteiger partial charge in [0, 0.05) is 18.3 Å². The summed E-state index contributed by atoms with van der Waals surface area (Å²) in [6.07, 6.45) is 2.95. The minimum Gasteiger partial charge on any atom is -0.477 e. The van der Waals surface area contributed by atoms with Crippen molar-refractivity contribution in [1.82, 2.24) is 4.57 Å². The van der Waals surface area contributed by atoms with Gasteiger partial charge in [-0.2, -0.15) is 0 Å². The number of aromatic nitrogens is 1. The largest absolute Gasteiger partial charge is 0.477 e. The average molecular weight is 223 g/mol. The second-order valence-electron chi connectivity index (χ2n) is 3.77. The van der Waals surface area contributed by atoms with Crippen LogP contribution in [0.2, 0.25) is 0 Å². The van der Waals surface area contributed by atoms with Crippen LogP contribution < -0.4 is 0 Å². The lowest BCUT2D eigenvalue weighted by atomic mass is 10.1. The molecule has 0 unspecified atom stereocenters. The van der Waals surface area contributed by atoms with E-state index in [2.05, 4.69) is 0 Å². The smallest absolute Gasteiger partial charge is 0.352 e. The van der Waals surface area contributed by atoms with Gasteiger partial charge < -0.3 is 9.67 Å². The van der Waals surface area contributed by atoms with Crippen molar-refractivity contribution in [3.63, 3.8) is 0 Å². The van der Waals surface area contributed by atoms with E-state index in [-0.39, 0.29) is 5.69 Å². The van der Waals surface area contributed by atoms with Crippen molar-refractivity contribution in [1.29, 1.82) is 0 Å². The van der Waals surface area contributed by atoms with Crippen molar-refractivity contribution in [2.24, 2.45) is 7.05 Å². The van der Waals surface area contributed by atoms with Crippen LogP contribution in [0, 0.1) is 0 Å². The van der Waals surface area contributed by atoms with Crippen molar-refractivity contribution in [3.05, 3.63) is 22.5 Å². The number of aldehydes is 1. The Morgan fingerprint density at radius 2 is 2.06 bits per heavy atom. The highest BCUT2D eigenvalue weighted by Crippen LogP contribution is 2.22. The molecule has 0 aromatic carbocycles. The summed E-state index contributed by atoms with van der Waals surface area (Å²) < 4.78 is 1.63. The van der Waals surface area contributed by atoms with Crippen LogP contribution in [-0.4, -0.2) is 21.9 Å². The highest BCUT2D eigenvalue weighted by molar-refractivity contribution is 5.93. The molecule has 1 aromatic heterocycles. The van der Waals surface area contributed by atoms with Crippen LogP contribution in [-0.2, 0) is 19.9 Å². The van der Waals surface area contributed by atoms with Gasteiger partial charge in [0.25, 0.3) is 0 Å². The standard InChI is InChI=1S/C12H17NO3/c1-4-6-10-9(7-14)8(5-2)11(12(15)16)13(10)3/h7H,4-6H2,1-3H3,(H,15,16). The van der Waals surface area contributed by atoms with Crippen LogP contribution in [0.25, 0.3) is 0 Å². The highest BCUT2D eigenvalue weighted by atomic mass is 16.4. The van der Waals surface area contributed by atoms with Gasteiger partial charge >= 0.3 is 5.97 Å². The number of rotatable bonds is 5. The summed E-state index contributed by atoms with van der Waals surface area (Å²) in [6.45, 7) is 3.87. The first-order chi connectivity index (χ1) is 7.58. The first-order valence-corrected chi connectivity index (χ1v) is 5.47. The molecule has 0 bridgehead atoms. The van der Waals surface area contributed by atoms with E-state index in [4.69, 9.17) is 5.11 Å². The summed E-state index contributed by atoms with van der Waals surface area (Å²) >= 11 is 0. The lowest BCUT2D eigenvalue weighted by Gasteiger charge is -2.03. The van der Waals surface area contributed by atoms with E-state index < -0.39 is 5.97 Å². The zero-order valence-corrected chi connectivity index (χ0v) is 9.91. The molecule has 0 radical (unpaired) electrons. The molecule has 0 aliphatic heterocycles. The molecular formula is C12H17NO3. The first-order valence-electron chi connectivity index (χ1n) is 5.47. The van der Waals surface area contributed by atoms with Crippen LogP contribution in [0.15, 0.2) is 0 Å². The van der Waals surface area contributed by atoms with E-state index >= 15 is 0 Å². The summed E-state index contributed by atoms with van der Waals surface area (Å²) in [5.41, 5.74) is 2.28. The predicted molar refractivity (Wildman–Crippen MR) is 61.1 cm³/mol. The van der Waals surface area contributed by atoms with Crippen molar-refractivity contribution < 1.29 is 14.7 Å². The third-order valence-corrected chi connectivity index (χ3v) is 2.82. The molecule has 0 saturated heterocycles. The maximum atomic E-state index is 11.2. The Morgan fingerprint density at radius 1 is 1.44 bits per heavy atom. The monoisotopic (exact) mass is 223 g/mol. The van der Waals surface area contributed by atoms with Gasteiger partial charge in [-0.3, -0.25) is 4.79 Å². The third kappa shape index (κ3) is 1.87. The molecule has 0 fully saturated rings. The normalized spacial score (nSPS) is 10.4. The van der Waals surface area contributed by atoms with Crippen LogP contribution >= 0.6 is 0 Å². The number of carbonyl (C=O) groups excluding carboxylic acids is 1. The lowest BCUT2D eigenvalue weighted by molar-refractivity contribution is 0.0685. The summed E-state index contributed by atoms with van der Waals surface area (Å²) in [6, 6.07) is 0. The Balaban J connectivity index is 3.50. The highest BCUT2D eigenvalue weighted by Gasteiger charge is 2.22. The molecule has 1 N–H and O–H groups in total. The topological polar surface area (TPSA) is 59.3 Å². The molecular weight excluding hydrogens is 206 g/mol. The molecule has 0 aliphatic rings. The SMILES string of the molecule is CCCc1c(C=O)c(CC)c(C(=O)O)n1C. The first kappa shape index (κ1) is 12.5. The van der Waals surface area contributed by atoms with Gasteiger partial charge in [-0.25, -0.2) is 4.79 Å². The molecule has 0 aliphatic carbocycles. The zero-order valence-electron chi connectivity index (χ0n) is 9.91. The average Bonchev–Trinajstić information content (AvgIpc) is 2.52. The van der Waals surface area contributed by atoms with Gasteiger partial charge in [0.1, 0.15) is 5.69 Å². The fourth-order valence-electron chi connectivity index (χ4n) is 2.13. The molecule has 16 heavy (non-hydrogen) atoms. The number of aromatic carboxylic acids is 1. The number of hydrogen-bond donors (Lipinski definition) is 1. The van der Waals surface area contributed by atoms with Crippen molar-refractivity contribution in [3.8, 4) is 0 Å². The minimum atomic E-state index is -0.968. The summed E-state index contributed by atoms with van der Waals surface area (Å²) in [7, 11) is 1.71. The van der Waals surface area contributed by atoms with Crippen molar-refractivity contribution in [2.45, 2.75) is 33.1 Å². The molecule has 0 saturated carbocycles. The molecule has 4 heteroatoms. The minimum absolute atomic E-state index is 0.244. The lowest BCUT2D eigenvalue weighted by Crippen LogP contribution is -2.08. The van der Waals surface area contributed by atoms with E-state index in [1.54, 1.807) is 11.6 Å². The Hall–Kier alpha value is -1.58. The van der Waals surface area contributed by atoms with E-state index in [1.807, 2.05) is 13.8 Å². The fraction of sp³-hybridized carbons (Fsp3) is 0.500. The van der Waals surface area contributed by atoms with Gasteiger partial charge in [0.2, 0.25) is 0 Å². The van der Waals surface area contributed by atoms with Gasteiger partial charge in [-0.1, -0.05) is 20.3 Å². The third-order valence-electron chi connectivity index (χ3n) is 2.82. The Kier molecular flexibility index (Phi) is 3.88. The van der Waals surface area contributed by atoms with E-state index in [9.17, 15) is 9.59 Å². The maximum absolute atomic E-state index is 11.2. The van der Waals surface area contributed by atoms with Crippen molar-refractivity contribution in [2.75, 3.05) is 0 Å². The molecule has 1 rings (SSSR count). The van der Waals surface area contributed by atoms with Gasteiger partial charge in [-0.05, 0) is 18.4 Å². The fourth-order valence-corrected chi connectivity index (χ4v) is 2.13. The van der Waals surface area contributed by atoms with Gasteiger partial charge in [0.15, 0.2) is 6.29 Å². The van der Waals surface area contributed by atoms with E-state index in [0.717, 1.165) is 24.8 Å². The predicted octanol–water partition coefficient (Wildman–Crippen LogP) is 2.05. The van der Waals surface area contributed by atoms with Gasteiger partial charge in [0.05, 0.1) is 0 Å². The molecule has 0 spiro atoms. The summed E-state index contributed by atoms with van der Waals surface area (Å²) in [5, 5.41) is 9.14. The number of nitrogens with zero attached hydrogens (tertiary/aromatic N) is 1. The molecule has 88 valence electrons. The van der Waals surface area contributed by atoms with Crippen molar-refractivity contribution >= 4 is 12.3 Å². The van der Waals surface area contributed by atoms with E-state index in [1.165, 1.54) is 0 Å². The molecule has 0 amide bonds. The molecule has 4 nitrogen and oxygen atoms in total.